The van der Waals surface area contributed by atoms with Crippen LogP contribution in [-0.2, 0) is 4.79 Å². The molecule has 0 bridgehead atoms. The summed E-state index contributed by atoms with van der Waals surface area (Å²) >= 11 is 0. The van der Waals surface area contributed by atoms with Crippen molar-refractivity contribution in [2.45, 2.75) is 18.9 Å². The smallest absolute Gasteiger partial charge is 0.226 e. The van der Waals surface area contributed by atoms with Crippen LogP contribution in [0.2, 0.25) is 0 Å². The van der Waals surface area contributed by atoms with Crippen molar-refractivity contribution in [1.82, 2.24) is 4.90 Å². The van der Waals surface area contributed by atoms with Gasteiger partial charge in [0.15, 0.2) is 0 Å². The van der Waals surface area contributed by atoms with Gasteiger partial charge in [0.25, 0.3) is 0 Å². The van der Waals surface area contributed by atoms with Gasteiger partial charge in [-0.15, -0.1) is 0 Å². The predicted octanol–water partition coefficient (Wildman–Crippen LogP) is 1.15. The highest BCUT2D eigenvalue weighted by molar-refractivity contribution is 5.76. The number of likely N-dealkylation sites (tertiary alicyclic amines) is 1. The average molecular weight is 252 g/mol. The van der Waals surface area contributed by atoms with E-state index < -0.39 is 0 Å². The summed E-state index contributed by atoms with van der Waals surface area (Å²) in [6, 6.07) is 5.86. The highest BCUT2D eigenvalue weighted by atomic mass is 19.1. The number of carbonyl (C=O) groups is 1. The maximum absolute atomic E-state index is 12.6. The summed E-state index contributed by atoms with van der Waals surface area (Å²) in [5, 5.41) is 0. The molecule has 5 heteroatoms. The number of nitrogens with two attached hydrogens (primary N) is 1. The Balaban J connectivity index is 1.72. The van der Waals surface area contributed by atoms with E-state index in [2.05, 4.69) is 0 Å². The van der Waals surface area contributed by atoms with Gasteiger partial charge in [-0.2, -0.15) is 0 Å². The number of carbonyl (C=O) groups excluding carboxylic acids is 1. The van der Waals surface area contributed by atoms with Gasteiger partial charge in [0, 0.05) is 19.1 Å². The maximum atomic E-state index is 12.6. The molecule has 0 spiro atoms. The van der Waals surface area contributed by atoms with Crippen molar-refractivity contribution in [3.05, 3.63) is 30.1 Å². The highest BCUT2D eigenvalue weighted by Crippen LogP contribution is 2.12. The maximum Gasteiger partial charge on any atom is 0.226 e. The first-order valence-corrected chi connectivity index (χ1v) is 6.07. The first-order chi connectivity index (χ1) is 8.65. The van der Waals surface area contributed by atoms with Crippen LogP contribution in [-0.4, -0.2) is 36.5 Å². The molecule has 1 atom stereocenters. The number of halogens is 1. The van der Waals surface area contributed by atoms with Crippen molar-refractivity contribution in [3.8, 4) is 5.75 Å². The first kappa shape index (κ1) is 12.8. The largest absolute Gasteiger partial charge is 0.493 e. The van der Waals surface area contributed by atoms with Crippen molar-refractivity contribution in [3.63, 3.8) is 0 Å². The Labute approximate surface area is 106 Å². The third-order valence-electron chi connectivity index (χ3n) is 2.98. The predicted molar refractivity (Wildman–Crippen MR) is 65.7 cm³/mol. The zero-order chi connectivity index (χ0) is 13.0. The lowest BCUT2D eigenvalue weighted by atomic mass is 10.3. The van der Waals surface area contributed by atoms with Crippen LogP contribution in [0.3, 0.4) is 0 Å². The number of ether oxygens (including phenoxy) is 1. The van der Waals surface area contributed by atoms with E-state index in [1.165, 1.54) is 12.1 Å². The van der Waals surface area contributed by atoms with E-state index in [4.69, 9.17) is 10.5 Å². The molecule has 2 N–H and O–H groups in total. The minimum absolute atomic E-state index is 0.0602. The summed E-state index contributed by atoms with van der Waals surface area (Å²) in [6.45, 7) is 1.67. The standard InChI is InChI=1S/C13H17FN2O2/c14-10-1-3-12(4-2-10)18-8-6-13(17)16-7-5-11(15)9-16/h1-4,11H,5-9,15H2/t11-/m1/s1. The number of benzene rings is 1. The highest BCUT2D eigenvalue weighted by Gasteiger charge is 2.22. The van der Waals surface area contributed by atoms with Crippen molar-refractivity contribution < 1.29 is 13.9 Å². The Morgan fingerprint density at radius 2 is 2.17 bits per heavy atom. The second-order valence-corrected chi connectivity index (χ2v) is 4.44. The van der Waals surface area contributed by atoms with E-state index in [1.807, 2.05) is 0 Å². The number of amides is 1. The van der Waals surface area contributed by atoms with Gasteiger partial charge in [0.1, 0.15) is 11.6 Å². The SMILES string of the molecule is N[C@@H]1CCN(C(=O)CCOc2ccc(F)cc2)C1. The molecular formula is C13H17FN2O2. The van der Waals surface area contributed by atoms with Gasteiger partial charge in [-0.3, -0.25) is 4.79 Å². The molecule has 4 nitrogen and oxygen atoms in total. The summed E-state index contributed by atoms with van der Waals surface area (Å²) < 4.78 is 18.0. The summed E-state index contributed by atoms with van der Waals surface area (Å²) in [7, 11) is 0. The van der Waals surface area contributed by atoms with Crippen LogP contribution < -0.4 is 10.5 Å². The normalized spacial score (nSPS) is 19.0. The van der Waals surface area contributed by atoms with Crippen LogP contribution in [0.4, 0.5) is 4.39 Å². The van der Waals surface area contributed by atoms with E-state index >= 15 is 0 Å². The van der Waals surface area contributed by atoms with E-state index in [1.54, 1.807) is 17.0 Å². The molecule has 0 aromatic heterocycles. The molecule has 1 aromatic rings. The van der Waals surface area contributed by atoms with Gasteiger partial charge in [-0.1, -0.05) is 0 Å². The minimum Gasteiger partial charge on any atom is -0.493 e. The molecule has 1 amide bonds. The van der Waals surface area contributed by atoms with Crippen LogP contribution in [0.25, 0.3) is 0 Å². The van der Waals surface area contributed by atoms with Gasteiger partial charge >= 0.3 is 0 Å². The lowest BCUT2D eigenvalue weighted by Gasteiger charge is -2.15. The molecule has 0 radical (unpaired) electrons. The molecule has 1 saturated heterocycles. The van der Waals surface area contributed by atoms with Gasteiger partial charge in [0.2, 0.25) is 5.91 Å². The zero-order valence-electron chi connectivity index (χ0n) is 10.1. The second kappa shape index (κ2) is 5.82. The fourth-order valence-electron chi connectivity index (χ4n) is 1.96. The van der Waals surface area contributed by atoms with E-state index in [0.29, 0.717) is 25.3 Å². The van der Waals surface area contributed by atoms with Crippen molar-refractivity contribution in [1.29, 1.82) is 0 Å². The Morgan fingerprint density at radius 3 is 2.78 bits per heavy atom. The van der Waals surface area contributed by atoms with Crippen LogP contribution >= 0.6 is 0 Å². The third-order valence-corrected chi connectivity index (χ3v) is 2.98. The molecule has 2 rings (SSSR count). The Kier molecular flexibility index (Phi) is 4.15. The summed E-state index contributed by atoms with van der Waals surface area (Å²) in [5.74, 6) is 0.330. The fourth-order valence-corrected chi connectivity index (χ4v) is 1.96. The zero-order valence-corrected chi connectivity index (χ0v) is 10.1. The van der Waals surface area contributed by atoms with Gasteiger partial charge in [-0.05, 0) is 30.7 Å². The Bertz CT molecular complexity index is 408. The third kappa shape index (κ3) is 3.43. The van der Waals surface area contributed by atoms with Crippen LogP contribution in [0.1, 0.15) is 12.8 Å². The van der Waals surface area contributed by atoms with E-state index in [9.17, 15) is 9.18 Å². The summed E-state index contributed by atoms with van der Waals surface area (Å²) in [5.41, 5.74) is 5.74. The molecule has 0 aliphatic carbocycles. The molecular weight excluding hydrogens is 235 g/mol. The van der Waals surface area contributed by atoms with Gasteiger partial charge in [0.05, 0.1) is 13.0 Å². The molecule has 98 valence electrons. The molecule has 1 heterocycles. The summed E-state index contributed by atoms with van der Waals surface area (Å²) in [6.07, 6.45) is 1.19. The van der Waals surface area contributed by atoms with Gasteiger partial charge < -0.3 is 15.4 Å². The topological polar surface area (TPSA) is 55.6 Å². The van der Waals surface area contributed by atoms with Crippen LogP contribution in [0.15, 0.2) is 24.3 Å². The fraction of sp³-hybridized carbons (Fsp3) is 0.462. The lowest BCUT2D eigenvalue weighted by Crippen LogP contribution is -2.32. The quantitative estimate of drug-likeness (QED) is 0.874. The van der Waals surface area contributed by atoms with Crippen LogP contribution in [0.5, 0.6) is 5.75 Å². The van der Waals surface area contributed by atoms with Crippen molar-refractivity contribution >= 4 is 5.91 Å². The molecule has 0 unspecified atom stereocenters. The Morgan fingerprint density at radius 1 is 1.44 bits per heavy atom. The first-order valence-electron chi connectivity index (χ1n) is 6.07. The number of hydrogen-bond donors (Lipinski definition) is 1. The van der Waals surface area contributed by atoms with Crippen molar-refractivity contribution in [2.75, 3.05) is 19.7 Å². The minimum atomic E-state index is -0.301. The molecule has 1 aliphatic heterocycles. The molecule has 1 fully saturated rings. The number of hydrogen-bond acceptors (Lipinski definition) is 3. The molecule has 1 aliphatic rings. The van der Waals surface area contributed by atoms with Gasteiger partial charge in [-0.25, -0.2) is 4.39 Å². The van der Waals surface area contributed by atoms with Crippen molar-refractivity contribution in [2.24, 2.45) is 5.73 Å². The van der Waals surface area contributed by atoms with E-state index in [-0.39, 0.29) is 17.8 Å². The molecule has 0 saturated carbocycles. The number of nitrogens with zero attached hydrogens (tertiary/aromatic N) is 1. The Hall–Kier alpha value is -1.62. The summed E-state index contributed by atoms with van der Waals surface area (Å²) in [4.78, 5) is 13.5. The average Bonchev–Trinajstić information content (AvgIpc) is 2.78. The second-order valence-electron chi connectivity index (χ2n) is 4.44. The monoisotopic (exact) mass is 252 g/mol. The molecule has 18 heavy (non-hydrogen) atoms. The number of rotatable bonds is 4. The lowest BCUT2D eigenvalue weighted by molar-refractivity contribution is -0.130. The van der Waals surface area contributed by atoms with E-state index in [0.717, 1.165) is 13.0 Å². The molecule has 1 aromatic carbocycles. The van der Waals surface area contributed by atoms with Crippen LogP contribution in [0, 0.1) is 5.82 Å².